The van der Waals surface area contributed by atoms with Gasteiger partial charge in [0.15, 0.2) is 0 Å². The van der Waals surface area contributed by atoms with Crippen molar-refractivity contribution in [2.75, 3.05) is 0 Å². The second-order valence-corrected chi connectivity index (χ2v) is 6.37. The monoisotopic (exact) mass is 305 g/mol. The average Bonchev–Trinajstić information content (AvgIpc) is 2.85. The second-order valence-electron chi connectivity index (χ2n) is 4.27. The van der Waals surface area contributed by atoms with Gasteiger partial charge < -0.3 is 4.18 Å². The quantitative estimate of drug-likeness (QED) is 0.808. The Morgan fingerprint density at radius 3 is 2.35 bits per heavy atom. The molecule has 0 saturated heterocycles. The molecule has 0 aliphatic carbocycles. The SMILES string of the molecule is NS(=O)(=O)Oc1ccc(-c2ccc3sccc3c2)cc1. The van der Waals surface area contributed by atoms with Crippen LogP contribution in [0, 0.1) is 0 Å². The third-order valence-corrected chi connectivity index (χ3v) is 4.18. The minimum absolute atomic E-state index is 0.202. The summed E-state index contributed by atoms with van der Waals surface area (Å²) < 4.78 is 27.5. The second kappa shape index (κ2) is 4.90. The number of benzene rings is 2. The molecule has 1 heterocycles. The molecule has 0 fully saturated rings. The Balaban J connectivity index is 1.94. The first-order valence-electron chi connectivity index (χ1n) is 5.81. The lowest BCUT2D eigenvalue weighted by atomic mass is 10.0. The van der Waals surface area contributed by atoms with Crippen molar-refractivity contribution in [3.8, 4) is 16.9 Å². The van der Waals surface area contributed by atoms with Crippen LogP contribution in [0.4, 0.5) is 0 Å². The van der Waals surface area contributed by atoms with Crippen LogP contribution in [0.5, 0.6) is 5.75 Å². The van der Waals surface area contributed by atoms with Crippen molar-refractivity contribution in [2.24, 2.45) is 5.14 Å². The molecule has 6 heteroatoms. The van der Waals surface area contributed by atoms with E-state index < -0.39 is 10.3 Å². The fourth-order valence-corrected chi connectivity index (χ4v) is 3.13. The van der Waals surface area contributed by atoms with Gasteiger partial charge in [0.2, 0.25) is 0 Å². The summed E-state index contributed by atoms with van der Waals surface area (Å²) in [6, 6.07) is 15.0. The molecule has 0 aliphatic heterocycles. The van der Waals surface area contributed by atoms with Crippen molar-refractivity contribution in [3.05, 3.63) is 53.9 Å². The number of rotatable bonds is 3. The normalized spacial score (nSPS) is 11.7. The Morgan fingerprint density at radius 1 is 0.950 bits per heavy atom. The van der Waals surface area contributed by atoms with Gasteiger partial charge in [0.05, 0.1) is 0 Å². The summed E-state index contributed by atoms with van der Waals surface area (Å²) in [4.78, 5) is 0. The third-order valence-electron chi connectivity index (χ3n) is 2.85. The van der Waals surface area contributed by atoms with E-state index in [9.17, 15) is 8.42 Å². The van der Waals surface area contributed by atoms with Crippen LogP contribution < -0.4 is 9.32 Å². The van der Waals surface area contributed by atoms with Crippen molar-refractivity contribution in [3.63, 3.8) is 0 Å². The molecule has 3 rings (SSSR count). The van der Waals surface area contributed by atoms with Crippen LogP contribution in [0.25, 0.3) is 21.2 Å². The molecule has 4 nitrogen and oxygen atoms in total. The zero-order chi connectivity index (χ0) is 14.2. The molecule has 0 unspecified atom stereocenters. The van der Waals surface area contributed by atoms with Gasteiger partial charge in [-0.25, -0.2) is 0 Å². The summed E-state index contributed by atoms with van der Waals surface area (Å²) in [5.41, 5.74) is 2.05. The fourth-order valence-electron chi connectivity index (χ4n) is 1.98. The Bertz CT molecular complexity index is 852. The lowest BCUT2D eigenvalue weighted by molar-refractivity contribution is 0.488. The first-order chi connectivity index (χ1) is 9.51. The van der Waals surface area contributed by atoms with Gasteiger partial charge >= 0.3 is 10.3 Å². The van der Waals surface area contributed by atoms with E-state index in [0.717, 1.165) is 11.1 Å². The maximum absolute atomic E-state index is 10.8. The number of nitrogens with two attached hydrogens (primary N) is 1. The van der Waals surface area contributed by atoms with E-state index in [1.165, 1.54) is 10.1 Å². The van der Waals surface area contributed by atoms with Crippen LogP contribution in [0.3, 0.4) is 0 Å². The smallest absolute Gasteiger partial charge is 0.371 e. The summed E-state index contributed by atoms with van der Waals surface area (Å²) in [7, 11) is -3.97. The molecule has 3 aromatic rings. The zero-order valence-corrected chi connectivity index (χ0v) is 11.9. The number of hydrogen-bond donors (Lipinski definition) is 1. The van der Waals surface area contributed by atoms with Gasteiger partial charge in [-0.15, -0.1) is 11.3 Å². The Kier molecular flexibility index (Phi) is 3.21. The molecule has 2 N–H and O–H groups in total. The maximum atomic E-state index is 10.8. The predicted molar refractivity (Wildman–Crippen MR) is 81.0 cm³/mol. The van der Waals surface area contributed by atoms with E-state index in [2.05, 4.69) is 27.8 Å². The minimum Gasteiger partial charge on any atom is -0.371 e. The standard InChI is InChI=1S/C14H11NO3S2/c15-20(16,17)18-13-4-1-10(2-5-13)11-3-6-14-12(9-11)7-8-19-14/h1-9H,(H2,15,16,17). The van der Waals surface area contributed by atoms with Gasteiger partial charge in [-0.2, -0.15) is 13.6 Å². The van der Waals surface area contributed by atoms with Gasteiger partial charge in [-0.1, -0.05) is 18.2 Å². The third kappa shape index (κ3) is 2.82. The maximum Gasteiger partial charge on any atom is 0.380 e. The van der Waals surface area contributed by atoms with E-state index in [1.807, 2.05) is 6.07 Å². The van der Waals surface area contributed by atoms with Gasteiger partial charge in [0.1, 0.15) is 5.75 Å². The predicted octanol–water partition coefficient (Wildman–Crippen LogP) is 3.15. The van der Waals surface area contributed by atoms with Crippen molar-refractivity contribution < 1.29 is 12.6 Å². The summed E-state index contributed by atoms with van der Waals surface area (Å²) in [6.45, 7) is 0. The van der Waals surface area contributed by atoms with Gasteiger partial charge in [-0.05, 0) is 52.2 Å². The molecule has 0 aliphatic rings. The van der Waals surface area contributed by atoms with E-state index >= 15 is 0 Å². The van der Waals surface area contributed by atoms with Gasteiger partial charge in [0, 0.05) is 4.70 Å². The van der Waals surface area contributed by atoms with Crippen molar-refractivity contribution in [1.29, 1.82) is 0 Å². The molecule has 0 saturated carbocycles. The molecule has 0 bridgehead atoms. The highest BCUT2D eigenvalue weighted by Crippen LogP contribution is 2.28. The summed E-state index contributed by atoms with van der Waals surface area (Å²) in [6.07, 6.45) is 0. The molecule has 102 valence electrons. The van der Waals surface area contributed by atoms with Crippen LogP contribution in [-0.2, 0) is 10.3 Å². The summed E-state index contributed by atoms with van der Waals surface area (Å²) >= 11 is 1.70. The topological polar surface area (TPSA) is 69.4 Å². The number of hydrogen-bond acceptors (Lipinski definition) is 4. The van der Waals surface area contributed by atoms with Gasteiger partial charge in [0.25, 0.3) is 0 Å². The van der Waals surface area contributed by atoms with Crippen LogP contribution in [0.15, 0.2) is 53.9 Å². The lowest BCUT2D eigenvalue weighted by Gasteiger charge is -2.05. The van der Waals surface area contributed by atoms with Crippen molar-refractivity contribution in [1.82, 2.24) is 0 Å². The highest BCUT2D eigenvalue weighted by molar-refractivity contribution is 7.84. The molecule has 20 heavy (non-hydrogen) atoms. The van der Waals surface area contributed by atoms with E-state index in [1.54, 1.807) is 35.6 Å². The molecular weight excluding hydrogens is 294 g/mol. The lowest BCUT2D eigenvalue weighted by Crippen LogP contribution is -2.18. The first kappa shape index (κ1) is 13.1. The van der Waals surface area contributed by atoms with Crippen molar-refractivity contribution >= 4 is 31.7 Å². The fraction of sp³-hybridized carbons (Fsp3) is 0. The van der Waals surface area contributed by atoms with Gasteiger partial charge in [-0.3, -0.25) is 0 Å². The Labute approximate surface area is 120 Å². The molecule has 2 aromatic carbocycles. The number of thiophene rings is 1. The van der Waals surface area contributed by atoms with E-state index in [-0.39, 0.29) is 5.75 Å². The van der Waals surface area contributed by atoms with E-state index in [0.29, 0.717) is 0 Å². The minimum atomic E-state index is -3.97. The molecule has 0 atom stereocenters. The van der Waals surface area contributed by atoms with Crippen LogP contribution in [-0.4, -0.2) is 8.42 Å². The largest absolute Gasteiger partial charge is 0.380 e. The highest BCUT2D eigenvalue weighted by atomic mass is 32.2. The summed E-state index contributed by atoms with van der Waals surface area (Å²) in [5, 5.41) is 8.06. The van der Waals surface area contributed by atoms with E-state index in [4.69, 9.17) is 5.14 Å². The highest BCUT2D eigenvalue weighted by Gasteiger charge is 2.05. The van der Waals surface area contributed by atoms with Crippen LogP contribution in [0.1, 0.15) is 0 Å². The Hall–Kier alpha value is -1.89. The first-order valence-corrected chi connectivity index (χ1v) is 8.16. The van der Waals surface area contributed by atoms with Crippen molar-refractivity contribution in [2.45, 2.75) is 0 Å². The van der Waals surface area contributed by atoms with Crippen LogP contribution in [0.2, 0.25) is 0 Å². The zero-order valence-electron chi connectivity index (χ0n) is 10.3. The molecule has 0 radical (unpaired) electrons. The average molecular weight is 305 g/mol. The Morgan fingerprint density at radius 2 is 1.65 bits per heavy atom. The molecule has 0 spiro atoms. The summed E-state index contributed by atoms with van der Waals surface area (Å²) in [5.74, 6) is 0.202. The van der Waals surface area contributed by atoms with Crippen LogP contribution >= 0.6 is 11.3 Å². The molecule has 0 amide bonds. The number of fused-ring (bicyclic) bond motifs is 1. The molecular formula is C14H11NO3S2. The molecule has 1 aromatic heterocycles.